The van der Waals surface area contributed by atoms with Crippen LogP contribution in [0.15, 0.2) is 42.5 Å². The van der Waals surface area contributed by atoms with Gasteiger partial charge in [-0.15, -0.1) is 0 Å². The van der Waals surface area contributed by atoms with Crippen LogP contribution in [0.1, 0.15) is 46.8 Å². The molecule has 3 amide bonds. The largest absolute Gasteiger partial charge is 0.381 e. The fourth-order valence-corrected chi connectivity index (χ4v) is 3.98. The fraction of sp³-hybridized carbons (Fsp3) is 0.348. The van der Waals surface area contributed by atoms with Gasteiger partial charge in [0.2, 0.25) is 11.8 Å². The number of carbonyl (C=O) groups is 3. The van der Waals surface area contributed by atoms with Crippen LogP contribution in [0.2, 0.25) is 0 Å². The lowest BCUT2D eigenvalue weighted by Crippen LogP contribution is -2.52. The first-order valence-electron chi connectivity index (χ1n) is 10.3. The number of rotatable bonds is 7. The van der Waals surface area contributed by atoms with Gasteiger partial charge in [0.1, 0.15) is 6.04 Å². The van der Waals surface area contributed by atoms with Crippen molar-refractivity contribution >= 4 is 23.4 Å². The molecule has 0 saturated carbocycles. The van der Waals surface area contributed by atoms with Crippen LogP contribution in [0.3, 0.4) is 0 Å². The first kappa shape index (κ1) is 20.1. The third-order valence-electron chi connectivity index (χ3n) is 5.60. The molecule has 1 fully saturated rings. The average Bonchev–Trinajstić information content (AvgIpc) is 3.07. The summed E-state index contributed by atoms with van der Waals surface area (Å²) in [6, 6.07) is 13.5. The Kier molecular flexibility index (Phi) is 5.81. The second-order valence-electron chi connectivity index (χ2n) is 7.73. The standard InChI is InChI=1S/C23H26N4O3/c1-2-24-12-15-4-3-5-18(10-15)25-13-16-6-7-17-14-27(23(30)19(17)11-16)20-8-9-21(28)26-22(20)29/h3-7,10-11,20,24-25H,2,8-9,12-14H2,1H3,(H,26,28,29). The predicted octanol–water partition coefficient (Wildman–Crippen LogP) is 2.17. The van der Waals surface area contributed by atoms with E-state index in [2.05, 4.69) is 35.0 Å². The molecule has 30 heavy (non-hydrogen) atoms. The van der Waals surface area contributed by atoms with Gasteiger partial charge in [0.25, 0.3) is 5.91 Å². The van der Waals surface area contributed by atoms with E-state index in [1.807, 2.05) is 30.3 Å². The zero-order chi connectivity index (χ0) is 21.1. The summed E-state index contributed by atoms with van der Waals surface area (Å²) in [5.41, 5.74) is 4.80. The fourth-order valence-electron chi connectivity index (χ4n) is 3.98. The van der Waals surface area contributed by atoms with Crippen LogP contribution in [0.25, 0.3) is 0 Å². The van der Waals surface area contributed by atoms with Gasteiger partial charge in [0.05, 0.1) is 0 Å². The van der Waals surface area contributed by atoms with Crippen molar-refractivity contribution in [3.05, 3.63) is 64.7 Å². The summed E-state index contributed by atoms with van der Waals surface area (Å²) in [6.07, 6.45) is 0.639. The Labute approximate surface area is 175 Å². The van der Waals surface area contributed by atoms with Crippen molar-refractivity contribution in [3.8, 4) is 0 Å². The molecule has 2 aromatic carbocycles. The van der Waals surface area contributed by atoms with Gasteiger partial charge in [0.15, 0.2) is 0 Å². The molecule has 0 aliphatic carbocycles. The van der Waals surface area contributed by atoms with E-state index in [0.29, 0.717) is 25.1 Å². The van der Waals surface area contributed by atoms with Gasteiger partial charge >= 0.3 is 0 Å². The van der Waals surface area contributed by atoms with Gasteiger partial charge in [-0.3, -0.25) is 19.7 Å². The van der Waals surface area contributed by atoms with E-state index in [-0.39, 0.29) is 24.1 Å². The summed E-state index contributed by atoms with van der Waals surface area (Å²) in [5.74, 6) is -0.802. The van der Waals surface area contributed by atoms with Crippen molar-refractivity contribution < 1.29 is 14.4 Å². The lowest BCUT2D eigenvalue weighted by Gasteiger charge is -2.29. The normalized spacial score (nSPS) is 18.4. The molecule has 2 aliphatic heterocycles. The van der Waals surface area contributed by atoms with E-state index in [9.17, 15) is 14.4 Å². The number of piperidine rings is 1. The Morgan fingerprint density at radius 1 is 1.07 bits per heavy atom. The molecule has 4 rings (SSSR count). The zero-order valence-electron chi connectivity index (χ0n) is 17.0. The number of amides is 3. The zero-order valence-corrected chi connectivity index (χ0v) is 17.0. The molecule has 2 heterocycles. The summed E-state index contributed by atoms with van der Waals surface area (Å²) in [6.45, 7) is 4.84. The summed E-state index contributed by atoms with van der Waals surface area (Å²) in [7, 11) is 0. The molecular formula is C23H26N4O3. The number of anilines is 1. The van der Waals surface area contributed by atoms with Crippen LogP contribution in [-0.2, 0) is 29.2 Å². The second kappa shape index (κ2) is 8.67. The van der Waals surface area contributed by atoms with E-state index in [0.717, 1.165) is 29.9 Å². The van der Waals surface area contributed by atoms with Crippen molar-refractivity contribution in [3.63, 3.8) is 0 Å². The Morgan fingerprint density at radius 3 is 2.70 bits per heavy atom. The van der Waals surface area contributed by atoms with Crippen LogP contribution < -0.4 is 16.0 Å². The number of carbonyl (C=O) groups excluding carboxylic acids is 3. The van der Waals surface area contributed by atoms with Gasteiger partial charge in [-0.2, -0.15) is 0 Å². The van der Waals surface area contributed by atoms with Gasteiger partial charge in [-0.05, 0) is 47.9 Å². The lowest BCUT2D eigenvalue weighted by atomic mass is 10.0. The molecule has 7 nitrogen and oxygen atoms in total. The minimum absolute atomic E-state index is 0.144. The Balaban J connectivity index is 1.42. The highest BCUT2D eigenvalue weighted by atomic mass is 16.2. The van der Waals surface area contributed by atoms with Crippen LogP contribution in [0, 0.1) is 0 Å². The predicted molar refractivity (Wildman–Crippen MR) is 114 cm³/mol. The third-order valence-corrected chi connectivity index (χ3v) is 5.60. The number of imide groups is 1. The van der Waals surface area contributed by atoms with E-state index in [1.165, 1.54) is 5.56 Å². The monoisotopic (exact) mass is 406 g/mol. The second-order valence-corrected chi connectivity index (χ2v) is 7.73. The molecule has 3 N–H and O–H groups in total. The maximum absolute atomic E-state index is 12.9. The quantitative estimate of drug-likeness (QED) is 0.613. The molecule has 156 valence electrons. The van der Waals surface area contributed by atoms with Gasteiger partial charge in [0, 0.05) is 37.3 Å². The van der Waals surface area contributed by atoms with E-state index in [1.54, 1.807) is 4.90 Å². The topological polar surface area (TPSA) is 90.5 Å². The Bertz CT molecular complexity index is 988. The average molecular weight is 406 g/mol. The molecule has 1 atom stereocenters. The highest BCUT2D eigenvalue weighted by Crippen LogP contribution is 2.28. The minimum Gasteiger partial charge on any atom is -0.381 e. The highest BCUT2D eigenvalue weighted by molar-refractivity contribution is 6.05. The molecule has 1 unspecified atom stereocenters. The number of nitrogens with one attached hydrogen (secondary N) is 3. The van der Waals surface area contributed by atoms with Crippen molar-refractivity contribution in [2.45, 2.75) is 45.4 Å². The van der Waals surface area contributed by atoms with Crippen molar-refractivity contribution in [1.82, 2.24) is 15.5 Å². The SMILES string of the molecule is CCNCc1cccc(NCc2ccc3c(c2)C(=O)N(C2CCC(=O)NC2=O)C3)c1. The van der Waals surface area contributed by atoms with Crippen LogP contribution >= 0.6 is 0 Å². The smallest absolute Gasteiger partial charge is 0.255 e. The Morgan fingerprint density at radius 2 is 1.90 bits per heavy atom. The van der Waals surface area contributed by atoms with Crippen LogP contribution in [0.4, 0.5) is 5.69 Å². The van der Waals surface area contributed by atoms with E-state index < -0.39 is 6.04 Å². The molecule has 7 heteroatoms. The first-order valence-corrected chi connectivity index (χ1v) is 10.3. The third kappa shape index (κ3) is 4.21. The first-order chi connectivity index (χ1) is 14.5. The van der Waals surface area contributed by atoms with Crippen molar-refractivity contribution in [1.29, 1.82) is 0 Å². The van der Waals surface area contributed by atoms with Gasteiger partial charge in [-0.1, -0.05) is 31.2 Å². The molecule has 0 radical (unpaired) electrons. The summed E-state index contributed by atoms with van der Waals surface area (Å²) >= 11 is 0. The molecule has 2 aliphatic rings. The van der Waals surface area contributed by atoms with Crippen molar-refractivity contribution in [2.75, 3.05) is 11.9 Å². The minimum atomic E-state index is -0.580. The van der Waals surface area contributed by atoms with E-state index >= 15 is 0 Å². The highest BCUT2D eigenvalue weighted by Gasteiger charge is 2.39. The maximum atomic E-state index is 12.9. The molecule has 0 aromatic heterocycles. The van der Waals surface area contributed by atoms with Crippen molar-refractivity contribution in [2.24, 2.45) is 0 Å². The summed E-state index contributed by atoms with van der Waals surface area (Å²) < 4.78 is 0. The van der Waals surface area contributed by atoms with Gasteiger partial charge in [-0.25, -0.2) is 0 Å². The lowest BCUT2D eigenvalue weighted by molar-refractivity contribution is -0.136. The number of hydrogen-bond donors (Lipinski definition) is 3. The molecular weight excluding hydrogens is 380 g/mol. The molecule has 0 spiro atoms. The molecule has 1 saturated heterocycles. The summed E-state index contributed by atoms with van der Waals surface area (Å²) in [5, 5.41) is 9.07. The number of nitrogens with zero attached hydrogens (tertiary/aromatic N) is 1. The summed E-state index contributed by atoms with van der Waals surface area (Å²) in [4.78, 5) is 38.1. The van der Waals surface area contributed by atoms with E-state index in [4.69, 9.17) is 0 Å². The number of fused-ring (bicyclic) bond motifs is 1. The number of hydrogen-bond acceptors (Lipinski definition) is 5. The van der Waals surface area contributed by atoms with Crippen LogP contribution in [0.5, 0.6) is 0 Å². The molecule has 2 aromatic rings. The Hall–Kier alpha value is -3.19. The maximum Gasteiger partial charge on any atom is 0.255 e. The number of benzene rings is 2. The van der Waals surface area contributed by atoms with Gasteiger partial charge < -0.3 is 15.5 Å². The van der Waals surface area contributed by atoms with Crippen LogP contribution in [-0.4, -0.2) is 35.2 Å². The molecule has 0 bridgehead atoms.